The van der Waals surface area contributed by atoms with Crippen LogP contribution in [0.4, 0.5) is 0 Å². The Morgan fingerprint density at radius 2 is 1.88 bits per heavy atom. The number of nitrogens with zero attached hydrogens (tertiary/aromatic N) is 1. The number of morpholine rings is 1. The maximum atomic E-state index is 12.8. The Hall–Kier alpha value is -2.04. The Balaban J connectivity index is 1.87. The first-order valence-corrected chi connectivity index (χ1v) is 8.80. The standard InChI is InChI=1S/C20H22ClNO3/c1-24-19-8-7-16(13-18(19)21)17(15-5-3-2-4-6-15)14-20(23)22-9-11-25-12-10-22/h2-8,13,17H,9-12,14H2,1H3. The van der Waals surface area contributed by atoms with E-state index in [1.54, 1.807) is 7.11 Å². The molecule has 0 spiro atoms. The minimum atomic E-state index is -0.0417. The summed E-state index contributed by atoms with van der Waals surface area (Å²) in [6, 6.07) is 15.8. The van der Waals surface area contributed by atoms with Gasteiger partial charge in [0.2, 0.25) is 5.91 Å². The van der Waals surface area contributed by atoms with Gasteiger partial charge >= 0.3 is 0 Å². The van der Waals surface area contributed by atoms with Gasteiger partial charge in [-0.05, 0) is 23.3 Å². The number of carbonyl (C=O) groups excluding carboxylic acids is 1. The molecule has 0 saturated carbocycles. The van der Waals surface area contributed by atoms with Crippen LogP contribution in [-0.2, 0) is 9.53 Å². The predicted molar refractivity (Wildman–Crippen MR) is 98.3 cm³/mol. The number of benzene rings is 2. The zero-order valence-electron chi connectivity index (χ0n) is 14.3. The van der Waals surface area contributed by atoms with Gasteiger partial charge in [0.25, 0.3) is 0 Å². The van der Waals surface area contributed by atoms with E-state index >= 15 is 0 Å². The number of halogens is 1. The van der Waals surface area contributed by atoms with Crippen LogP contribution in [0, 0.1) is 0 Å². The molecule has 1 unspecified atom stereocenters. The van der Waals surface area contributed by atoms with Gasteiger partial charge in [0.1, 0.15) is 5.75 Å². The van der Waals surface area contributed by atoms with Crippen LogP contribution in [0.2, 0.25) is 5.02 Å². The number of ether oxygens (including phenoxy) is 2. The van der Waals surface area contributed by atoms with Crippen molar-refractivity contribution in [1.82, 2.24) is 4.90 Å². The van der Waals surface area contributed by atoms with E-state index in [1.165, 1.54) is 0 Å². The second-order valence-electron chi connectivity index (χ2n) is 6.05. The summed E-state index contributed by atoms with van der Waals surface area (Å²) in [6.45, 7) is 2.53. The molecule has 1 heterocycles. The van der Waals surface area contributed by atoms with Gasteiger partial charge < -0.3 is 14.4 Å². The van der Waals surface area contributed by atoms with E-state index in [0.717, 1.165) is 11.1 Å². The lowest BCUT2D eigenvalue weighted by Crippen LogP contribution is -2.41. The highest BCUT2D eigenvalue weighted by atomic mass is 35.5. The third-order valence-electron chi connectivity index (χ3n) is 4.52. The molecule has 1 saturated heterocycles. The van der Waals surface area contributed by atoms with Gasteiger partial charge in [-0.3, -0.25) is 4.79 Å². The topological polar surface area (TPSA) is 38.8 Å². The van der Waals surface area contributed by atoms with Crippen molar-refractivity contribution in [2.24, 2.45) is 0 Å². The zero-order valence-corrected chi connectivity index (χ0v) is 15.0. The molecule has 4 nitrogen and oxygen atoms in total. The van der Waals surface area contributed by atoms with E-state index in [9.17, 15) is 4.79 Å². The van der Waals surface area contributed by atoms with Crippen LogP contribution < -0.4 is 4.74 Å². The fourth-order valence-electron chi connectivity index (χ4n) is 3.13. The lowest BCUT2D eigenvalue weighted by molar-refractivity contribution is -0.135. The smallest absolute Gasteiger partial charge is 0.223 e. The summed E-state index contributed by atoms with van der Waals surface area (Å²) < 4.78 is 10.6. The fourth-order valence-corrected chi connectivity index (χ4v) is 3.40. The summed E-state index contributed by atoms with van der Waals surface area (Å²) in [7, 11) is 1.59. The molecular formula is C20H22ClNO3. The molecular weight excluding hydrogens is 338 g/mol. The molecule has 25 heavy (non-hydrogen) atoms. The van der Waals surface area contributed by atoms with E-state index in [0.29, 0.717) is 43.5 Å². The average Bonchev–Trinajstić information content (AvgIpc) is 2.67. The molecule has 0 bridgehead atoms. The van der Waals surface area contributed by atoms with Gasteiger partial charge in [-0.25, -0.2) is 0 Å². The number of methoxy groups -OCH3 is 1. The van der Waals surface area contributed by atoms with Crippen molar-refractivity contribution in [1.29, 1.82) is 0 Å². The summed E-state index contributed by atoms with van der Waals surface area (Å²) in [5.41, 5.74) is 2.11. The highest BCUT2D eigenvalue weighted by Gasteiger charge is 2.24. The van der Waals surface area contributed by atoms with Crippen LogP contribution in [0.5, 0.6) is 5.75 Å². The molecule has 1 atom stereocenters. The molecule has 0 aromatic heterocycles. The normalized spacial score (nSPS) is 15.7. The van der Waals surface area contributed by atoms with E-state index in [-0.39, 0.29) is 11.8 Å². The molecule has 5 heteroatoms. The van der Waals surface area contributed by atoms with Gasteiger partial charge in [-0.15, -0.1) is 0 Å². The van der Waals surface area contributed by atoms with Gasteiger partial charge in [0.05, 0.1) is 25.3 Å². The summed E-state index contributed by atoms with van der Waals surface area (Å²) in [6.07, 6.45) is 0.409. The minimum Gasteiger partial charge on any atom is -0.495 e. The predicted octanol–water partition coefficient (Wildman–Crippen LogP) is 3.73. The van der Waals surface area contributed by atoms with Crippen molar-refractivity contribution in [2.75, 3.05) is 33.4 Å². The van der Waals surface area contributed by atoms with Crippen molar-refractivity contribution in [3.8, 4) is 5.75 Å². The minimum absolute atomic E-state index is 0.0417. The number of carbonyl (C=O) groups is 1. The maximum Gasteiger partial charge on any atom is 0.223 e. The van der Waals surface area contributed by atoms with Crippen LogP contribution in [0.15, 0.2) is 48.5 Å². The first kappa shape index (κ1) is 17.8. The Labute approximate surface area is 153 Å². The lowest BCUT2D eigenvalue weighted by Gasteiger charge is -2.29. The Morgan fingerprint density at radius 1 is 1.16 bits per heavy atom. The van der Waals surface area contributed by atoms with Gasteiger partial charge in [0.15, 0.2) is 0 Å². The second kappa shape index (κ2) is 8.37. The summed E-state index contributed by atoms with van der Waals surface area (Å²) in [5.74, 6) is 0.737. The van der Waals surface area contributed by atoms with Gasteiger partial charge in [-0.2, -0.15) is 0 Å². The second-order valence-corrected chi connectivity index (χ2v) is 6.46. The van der Waals surface area contributed by atoms with Gasteiger partial charge in [0, 0.05) is 25.4 Å². The average molecular weight is 360 g/mol. The molecule has 132 valence electrons. The quantitative estimate of drug-likeness (QED) is 0.816. The van der Waals surface area contributed by atoms with E-state index in [1.807, 2.05) is 41.3 Å². The number of rotatable bonds is 5. The lowest BCUT2D eigenvalue weighted by atomic mass is 9.88. The highest BCUT2D eigenvalue weighted by Crippen LogP contribution is 2.34. The zero-order chi connectivity index (χ0) is 17.6. The fraction of sp³-hybridized carbons (Fsp3) is 0.350. The molecule has 2 aromatic rings. The molecule has 1 aliphatic rings. The molecule has 0 N–H and O–H groups in total. The van der Waals surface area contributed by atoms with Crippen LogP contribution in [0.25, 0.3) is 0 Å². The van der Waals surface area contributed by atoms with Crippen molar-refractivity contribution in [3.05, 3.63) is 64.7 Å². The molecule has 1 fully saturated rings. The molecule has 0 radical (unpaired) electrons. The van der Waals surface area contributed by atoms with Crippen molar-refractivity contribution in [3.63, 3.8) is 0 Å². The third-order valence-corrected chi connectivity index (χ3v) is 4.82. The third kappa shape index (κ3) is 4.33. The van der Waals surface area contributed by atoms with Crippen molar-refractivity contribution in [2.45, 2.75) is 12.3 Å². The summed E-state index contributed by atoms with van der Waals surface area (Å²) >= 11 is 6.31. The maximum absolute atomic E-state index is 12.8. The van der Waals surface area contributed by atoms with Crippen molar-refractivity contribution >= 4 is 17.5 Å². The number of amides is 1. The molecule has 0 aliphatic carbocycles. The first-order chi connectivity index (χ1) is 12.2. The van der Waals surface area contributed by atoms with Crippen LogP contribution >= 0.6 is 11.6 Å². The van der Waals surface area contributed by atoms with Crippen LogP contribution in [0.3, 0.4) is 0 Å². The van der Waals surface area contributed by atoms with E-state index in [4.69, 9.17) is 21.1 Å². The van der Waals surface area contributed by atoms with E-state index in [2.05, 4.69) is 12.1 Å². The number of hydrogen-bond donors (Lipinski definition) is 0. The Bertz CT molecular complexity index is 714. The number of hydrogen-bond acceptors (Lipinski definition) is 3. The molecule has 3 rings (SSSR count). The summed E-state index contributed by atoms with van der Waals surface area (Å²) in [5, 5.41) is 0.555. The molecule has 1 aliphatic heterocycles. The SMILES string of the molecule is COc1ccc(C(CC(=O)N2CCOCC2)c2ccccc2)cc1Cl. The van der Waals surface area contributed by atoms with Crippen LogP contribution in [-0.4, -0.2) is 44.2 Å². The molecule has 2 aromatic carbocycles. The highest BCUT2D eigenvalue weighted by molar-refractivity contribution is 6.32. The Kier molecular flexibility index (Phi) is 5.95. The van der Waals surface area contributed by atoms with Gasteiger partial charge in [-0.1, -0.05) is 48.0 Å². The largest absolute Gasteiger partial charge is 0.495 e. The van der Waals surface area contributed by atoms with Crippen molar-refractivity contribution < 1.29 is 14.3 Å². The van der Waals surface area contributed by atoms with E-state index < -0.39 is 0 Å². The molecule has 1 amide bonds. The summed E-state index contributed by atoms with van der Waals surface area (Å²) in [4.78, 5) is 14.7. The van der Waals surface area contributed by atoms with Crippen LogP contribution in [0.1, 0.15) is 23.5 Å². The Morgan fingerprint density at radius 3 is 2.52 bits per heavy atom. The first-order valence-electron chi connectivity index (χ1n) is 8.43. The monoisotopic (exact) mass is 359 g/mol.